The Kier molecular flexibility index (Phi) is 5.15. The fourth-order valence-corrected chi connectivity index (χ4v) is 1.98. The minimum Gasteiger partial charge on any atom is -0.503 e. The molecule has 0 atom stereocenters. The number of carbonyl (C=O) groups is 2. The van der Waals surface area contributed by atoms with Crippen LogP contribution >= 0.6 is 0 Å². The number of methoxy groups -OCH3 is 1. The molecule has 0 radical (unpaired) electrons. The molecule has 0 aliphatic rings. The summed E-state index contributed by atoms with van der Waals surface area (Å²) in [6.45, 7) is 1.86. The predicted molar refractivity (Wildman–Crippen MR) is 87.8 cm³/mol. The van der Waals surface area contributed by atoms with Gasteiger partial charge in [-0.25, -0.2) is 0 Å². The van der Waals surface area contributed by atoms with Crippen LogP contribution in [0.5, 0.6) is 5.75 Å². The number of rotatable bonds is 5. The number of carbonyl (C=O) groups excluding carboxylic acids is 2. The predicted octanol–water partition coefficient (Wildman–Crippen LogP) is 3.27. The molecule has 2 aromatic carbocycles. The molecule has 2 aromatic rings. The lowest BCUT2D eigenvalue weighted by atomic mass is 10.1. The topological polar surface area (TPSA) is 75.6 Å². The van der Waals surface area contributed by atoms with Crippen LogP contribution in [-0.2, 0) is 4.79 Å². The van der Waals surface area contributed by atoms with Gasteiger partial charge in [0.05, 0.1) is 12.8 Å². The van der Waals surface area contributed by atoms with Gasteiger partial charge >= 0.3 is 0 Å². The summed E-state index contributed by atoms with van der Waals surface area (Å²) in [4.78, 5) is 24.0. The van der Waals surface area contributed by atoms with Gasteiger partial charge in [-0.1, -0.05) is 36.4 Å². The van der Waals surface area contributed by atoms with Crippen LogP contribution in [0.2, 0.25) is 0 Å². The summed E-state index contributed by atoms with van der Waals surface area (Å²) in [6, 6.07) is 13.6. The van der Waals surface area contributed by atoms with E-state index in [1.54, 1.807) is 42.5 Å². The summed E-state index contributed by atoms with van der Waals surface area (Å²) in [5.41, 5.74) is 1.73. The van der Waals surface area contributed by atoms with Gasteiger partial charge < -0.3 is 15.2 Å². The molecule has 0 aliphatic heterocycles. The van der Waals surface area contributed by atoms with Gasteiger partial charge in [0.15, 0.2) is 11.5 Å². The highest BCUT2D eigenvalue weighted by Gasteiger charge is 2.13. The summed E-state index contributed by atoms with van der Waals surface area (Å²) in [7, 11) is 1.48. The van der Waals surface area contributed by atoms with E-state index in [1.807, 2.05) is 13.0 Å². The average molecular weight is 311 g/mol. The van der Waals surface area contributed by atoms with Crippen molar-refractivity contribution >= 4 is 17.4 Å². The monoisotopic (exact) mass is 311 g/mol. The summed E-state index contributed by atoms with van der Waals surface area (Å²) >= 11 is 0. The second-order valence-electron chi connectivity index (χ2n) is 4.92. The van der Waals surface area contributed by atoms with Crippen molar-refractivity contribution < 1.29 is 19.4 Å². The Morgan fingerprint density at radius 2 is 1.83 bits per heavy atom. The molecule has 0 aromatic heterocycles. The van der Waals surface area contributed by atoms with Gasteiger partial charge in [0.2, 0.25) is 0 Å². The van der Waals surface area contributed by atoms with E-state index >= 15 is 0 Å². The summed E-state index contributed by atoms with van der Waals surface area (Å²) in [5, 5.41) is 12.4. The lowest BCUT2D eigenvalue weighted by molar-refractivity contribution is -0.115. The van der Waals surface area contributed by atoms with E-state index in [4.69, 9.17) is 4.74 Å². The van der Waals surface area contributed by atoms with Gasteiger partial charge in [-0.2, -0.15) is 0 Å². The zero-order valence-corrected chi connectivity index (χ0v) is 12.9. The number of amides is 1. The number of benzene rings is 2. The fourth-order valence-electron chi connectivity index (χ4n) is 1.98. The third-order valence-electron chi connectivity index (χ3n) is 3.16. The highest BCUT2D eigenvalue weighted by Crippen LogP contribution is 2.25. The van der Waals surface area contributed by atoms with Crippen LogP contribution in [-0.4, -0.2) is 23.9 Å². The van der Waals surface area contributed by atoms with Crippen LogP contribution in [0, 0.1) is 6.92 Å². The van der Waals surface area contributed by atoms with Gasteiger partial charge in [0.1, 0.15) is 5.75 Å². The number of hydrogen-bond acceptors (Lipinski definition) is 4. The molecule has 0 saturated carbocycles. The number of aliphatic hydroxyl groups excluding tert-OH is 1. The van der Waals surface area contributed by atoms with Crippen molar-refractivity contribution in [3.05, 3.63) is 71.5 Å². The second kappa shape index (κ2) is 7.26. The number of hydrogen-bond donors (Lipinski definition) is 2. The maximum Gasteiger partial charge on any atom is 0.290 e. The highest BCUT2D eigenvalue weighted by atomic mass is 16.5. The van der Waals surface area contributed by atoms with Crippen molar-refractivity contribution in [2.45, 2.75) is 6.92 Å². The number of aliphatic hydroxyl groups is 1. The third-order valence-corrected chi connectivity index (χ3v) is 3.16. The van der Waals surface area contributed by atoms with E-state index in [-0.39, 0.29) is 0 Å². The number of allylic oxidation sites excluding steroid dienone is 1. The van der Waals surface area contributed by atoms with Crippen LogP contribution in [0.3, 0.4) is 0 Å². The lowest BCUT2D eigenvalue weighted by Crippen LogP contribution is -2.16. The number of nitrogens with one attached hydrogen (secondary N) is 1. The number of aryl methyl sites for hydroxylation is 1. The Bertz CT molecular complexity index is 751. The number of ketones is 1. The van der Waals surface area contributed by atoms with E-state index < -0.39 is 17.4 Å². The van der Waals surface area contributed by atoms with E-state index in [0.717, 1.165) is 11.6 Å². The summed E-state index contributed by atoms with van der Waals surface area (Å²) in [6.07, 6.45) is 0.896. The Labute approximate surface area is 134 Å². The molecule has 0 fully saturated rings. The molecule has 1 amide bonds. The Balaban J connectivity index is 2.16. The molecule has 0 unspecified atom stereocenters. The number of anilines is 1. The average Bonchev–Trinajstić information content (AvgIpc) is 2.55. The lowest BCUT2D eigenvalue weighted by Gasteiger charge is -2.10. The number of ether oxygens (including phenoxy) is 1. The van der Waals surface area contributed by atoms with Gasteiger partial charge in [-0.15, -0.1) is 0 Å². The molecule has 0 heterocycles. The summed E-state index contributed by atoms with van der Waals surface area (Å²) in [5.74, 6) is -1.43. The minimum atomic E-state index is -0.779. The van der Waals surface area contributed by atoms with Gasteiger partial charge in [0, 0.05) is 11.6 Å². The van der Waals surface area contributed by atoms with Gasteiger partial charge in [-0.05, 0) is 24.6 Å². The molecule has 2 rings (SSSR count). The van der Waals surface area contributed by atoms with E-state index in [0.29, 0.717) is 17.0 Å². The van der Waals surface area contributed by atoms with E-state index in [1.165, 1.54) is 7.11 Å². The molecular formula is C18H17NO4. The first-order valence-corrected chi connectivity index (χ1v) is 6.97. The highest BCUT2D eigenvalue weighted by molar-refractivity contribution is 6.11. The van der Waals surface area contributed by atoms with Crippen molar-refractivity contribution in [2.75, 3.05) is 12.4 Å². The van der Waals surface area contributed by atoms with Crippen molar-refractivity contribution in [2.24, 2.45) is 0 Å². The smallest absolute Gasteiger partial charge is 0.290 e. The Morgan fingerprint density at radius 3 is 2.48 bits per heavy atom. The van der Waals surface area contributed by atoms with Crippen molar-refractivity contribution in [1.82, 2.24) is 0 Å². The molecule has 0 spiro atoms. The molecule has 23 heavy (non-hydrogen) atoms. The second-order valence-corrected chi connectivity index (χ2v) is 4.92. The SMILES string of the molecule is COc1ccc(C)cc1NC(=O)/C(O)=C/C(=O)c1ccccc1. The van der Waals surface area contributed by atoms with Gasteiger partial charge in [0.25, 0.3) is 5.91 Å². The summed E-state index contributed by atoms with van der Waals surface area (Å²) < 4.78 is 5.15. The Morgan fingerprint density at radius 1 is 1.13 bits per heavy atom. The molecule has 0 bridgehead atoms. The van der Waals surface area contributed by atoms with Crippen molar-refractivity contribution in [3.63, 3.8) is 0 Å². The zero-order valence-electron chi connectivity index (χ0n) is 12.9. The molecule has 5 nitrogen and oxygen atoms in total. The van der Waals surface area contributed by atoms with E-state index in [9.17, 15) is 14.7 Å². The van der Waals surface area contributed by atoms with Crippen molar-refractivity contribution in [3.8, 4) is 5.75 Å². The first kappa shape index (κ1) is 16.3. The van der Waals surface area contributed by atoms with Crippen molar-refractivity contribution in [1.29, 1.82) is 0 Å². The first-order chi connectivity index (χ1) is 11.0. The molecule has 0 saturated heterocycles. The standard InChI is InChI=1S/C18H17NO4/c1-12-8-9-17(23-2)14(10-12)19-18(22)16(21)11-15(20)13-6-4-3-5-7-13/h3-11,21H,1-2H3,(H,19,22)/b16-11-. The first-order valence-electron chi connectivity index (χ1n) is 6.97. The van der Waals surface area contributed by atoms with E-state index in [2.05, 4.69) is 5.32 Å². The van der Waals surface area contributed by atoms with Crippen LogP contribution in [0.15, 0.2) is 60.4 Å². The zero-order chi connectivity index (χ0) is 16.8. The maximum absolute atomic E-state index is 12.0. The molecule has 0 aliphatic carbocycles. The van der Waals surface area contributed by atoms with Crippen LogP contribution < -0.4 is 10.1 Å². The molecule has 118 valence electrons. The minimum absolute atomic E-state index is 0.389. The quantitative estimate of drug-likeness (QED) is 0.505. The maximum atomic E-state index is 12.0. The van der Waals surface area contributed by atoms with Crippen LogP contribution in [0.1, 0.15) is 15.9 Å². The van der Waals surface area contributed by atoms with Crippen LogP contribution in [0.25, 0.3) is 0 Å². The third kappa shape index (κ3) is 4.20. The molecule has 5 heteroatoms. The fraction of sp³-hybridized carbons (Fsp3) is 0.111. The Hall–Kier alpha value is -3.08. The molecule has 2 N–H and O–H groups in total. The van der Waals surface area contributed by atoms with Gasteiger partial charge in [-0.3, -0.25) is 9.59 Å². The largest absolute Gasteiger partial charge is 0.503 e. The van der Waals surface area contributed by atoms with Crippen LogP contribution in [0.4, 0.5) is 5.69 Å². The molecular weight excluding hydrogens is 294 g/mol. The normalized spacial score (nSPS) is 11.0.